The molecule has 0 atom stereocenters. The maximum absolute atomic E-state index is 6.15. The summed E-state index contributed by atoms with van der Waals surface area (Å²) in [6.07, 6.45) is 4.49. The first-order chi connectivity index (χ1) is 10.8. The number of guanidine groups is 1. The van der Waals surface area contributed by atoms with Gasteiger partial charge in [-0.05, 0) is 36.6 Å². The highest BCUT2D eigenvalue weighted by molar-refractivity contribution is 14.0. The molecular weight excluding hydrogens is 425 g/mol. The first-order valence-corrected chi connectivity index (χ1v) is 7.87. The summed E-state index contributed by atoms with van der Waals surface area (Å²) in [5.41, 5.74) is 1.19. The van der Waals surface area contributed by atoms with Crippen molar-refractivity contribution in [2.75, 3.05) is 20.1 Å². The van der Waals surface area contributed by atoms with Crippen LogP contribution >= 0.6 is 35.6 Å². The van der Waals surface area contributed by atoms with Crippen molar-refractivity contribution >= 4 is 41.5 Å². The Balaban J connectivity index is 0.00000264. The standard InChI is InChI=1S/C17H22ClN3O.HI/c1-19-17(21-12-10-15-8-5-13-22-15)20-11-4-7-14-6-2-3-9-16(14)18;/h2-3,5-6,8-9,13H,4,7,10-12H2,1H3,(H2,19,20,21);1H. The van der Waals surface area contributed by atoms with E-state index in [-0.39, 0.29) is 24.0 Å². The van der Waals surface area contributed by atoms with Crippen LogP contribution in [0.5, 0.6) is 0 Å². The Morgan fingerprint density at radius 3 is 2.57 bits per heavy atom. The molecule has 0 aliphatic heterocycles. The zero-order valence-electron chi connectivity index (χ0n) is 13.2. The molecular formula is C17H23ClIN3O. The van der Waals surface area contributed by atoms with Crippen LogP contribution in [0.3, 0.4) is 0 Å². The van der Waals surface area contributed by atoms with E-state index < -0.39 is 0 Å². The second-order valence-electron chi connectivity index (χ2n) is 4.95. The highest BCUT2D eigenvalue weighted by Gasteiger charge is 2.01. The van der Waals surface area contributed by atoms with Crippen LogP contribution in [0.1, 0.15) is 17.7 Å². The molecule has 1 aromatic heterocycles. The second-order valence-corrected chi connectivity index (χ2v) is 5.36. The minimum absolute atomic E-state index is 0. The van der Waals surface area contributed by atoms with E-state index in [1.54, 1.807) is 13.3 Å². The van der Waals surface area contributed by atoms with Crippen LogP contribution in [0.4, 0.5) is 0 Å². The number of rotatable bonds is 7. The molecule has 0 unspecified atom stereocenters. The molecule has 0 radical (unpaired) electrons. The number of hydrogen-bond acceptors (Lipinski definition) is 2. The molecule has 2 aromatic rings. The number of nitrogens with one attached hydrogen (secondary N) is 2. The molecule has 23 heavy (non-hydrogen) atoms. The lowest BCUT2D eigenvalue weighted by Gasteiger charge is -2.11. The fraction of sp³-hybridized carbons (Fsp3) is 0.353. The Bertz CT molecular complexity index is 587. The fourth-order valence-corrected chi connectivity index (χ4v) is 2.40. The van der Waals surface area contributed by atoms with Gasteiger partial charge in [0.15, 0.2) is 5.96 Å². The van der Waals surface area contributed by atoms with Gasteiger partial charge in [0.25, 0.3) is 0 Å². The molecule has 0 aliphatic rings. The van der Waals surface area contributed by atoms with E-state index in [0.29, 0.717) is 0 Å². The topological polar surface area (TPSA) is 49.6 Å². The molecule has 0 spiro atoms. The fourth-order valence-electron chi connectivity index (χ4n) is 2.17. The van der Waals surface area contributed by atoms with E-state index in [1.165, 1.54) is 5.56 Å². The molecule has 0 saturated heterocycles. The van der Waals surface area contributed by atoms with Crippen molar-refractivity contribution in [2.24, 2.45) is 4.99 Å². The smallest absolute Gasteiger partial charge is 0.190 e. The normalized spacial score (nSPS) is 11.0. The van der Waals surface area contributed by atoms with Crippen molar-refractivity contribution in [3.63, 3.8) is 0 Å². The summed E-state index contributed by atoms with van der Waals surface area (Å²) in [6, 6.07) is 11.8. The molecule has 0 saturated carbocycles. The molecule has 2 rings (SSSR count). The lowest BCUT2D eigenvalue weighted by atomic mass is 10.1. The summed E-state index contributed by atoms with van der Waals surface area (Å²) < 4.78 is 5.29. The van der Waals surface area contributed by atoms with Crippen LogP contribution < -0.4 is 10.6 Å². The van der Waals surface area contributed by atoms with Crippen molar-refractivity contribution in [3.8, 4) is 0 Å². The van der Waals surface area contributed by atoms with E-state index in [4.69, 9.17) is 16.0 Å². The monoisotopic (exact) mass is 447 g/mol. The average Bonchev–Trinajstić information content (AvgIpc) is 3.04. The number of benzene rings is 1. The van der Waals surface area contributed by atoms with Crippen LogP contribution in [0.25, 0.3) is 0 Å². The molecule has 6 heteroatoms. The summed E-state index contributed by atoms with van der Waals surface area (Å²) >= 11 is 6.15. The first kappa shape index (κ1) is 19.8. The molecule has 126 valence electrons. The zero-order chi connectivity index (χ0) is 15.6. The van der Waals surface area contributed by atoms with E-state index in [9.17, 15) is 0 Å². The molecule has 1 aromatic carbocycles. The third-order valence-electron chi connectivity index (χ3n) is 3.34. The van der Waals surface area contributed by atoms with Crippen LogP contribution in [0, 0.1) is 0 Å². The molecule has 1 heterocycles. The van der Waals surface area contributed by atoms with Crippen molar-refractivity contribution in [3.05, 3.63) is 59.0 Å². The second kappa shape index (κ2) is 11.3. The van der Waals surface area contributed by atoms with Crippen molar-refractivity contribution < 1.29 is 4.42 Å². The van der Waals surface area contributed by atoms with Crippen molar-refractivity contribution in [1.29, 1.82) is 0 Å². The van der Waals surface area contributed by atoms with E-state index >= 15 is 0 Å². The molecule has 0 fully saturated rings. The Hall–Kier alpha value is -1.21. The molecule has 4 nitrogen and oxygen atoms in total. The summed E-state index contributed by atoms with van der Waals surface area (Å²) in [5.74, 6) is 1.78. The predicted molar refractivity (Wildman–Crippen MR) is 107 cm³/mol. The Morgan fingerprint density at radius 2 is 1.87 bits per heavy atom. The quantitative estimate of drug-likeness (QED) is 0.293. The highest BCUT2D eigenvalue weighted by Crippen LogP contribution is 2.16. The van der Waals surface area contributed by atoms with E-state index in [1.807, 2.05) is 30.3 Å². The Labute approximate surface area is 159 Å². The molecule has 0 amide bonds. The van der Waals surface area contributed by atoms with Gasteiger partial charge in [-0.1, -0.05) is 29.8 Å². The minimum Gasteiger partial charge on any atom is -0.469 e. The summed E-state index contributed by atoms with van der Waals surface area (Å²) in [6.45, 7) is 1.64. The highest BCUT2D eigenvalue weighted by atomic mass is 127. The van der Waals surface area contributed by atoms with Gasteiger partial charge in [0, 0.05) is 31.6 Å². The summed E-state index contributed by atoms with van der Waals surface area (Å²) in [5, 5.41) is 7.41. The van der Waals surface area contributed by atoms with Gasteiger partial charge in [-0.15, -0.1) is 24.0 Å². The summed E-state index contributed by atoms with van der Waals surface area (Å²) in [7, 11) is 1.77. The molecule has 0 bridgehead atoms. The van der Waals surface area contributed by atoms with Crippen LogP contribution in [0.2, 0.25) is 5.02 Å². The van der Waals surface area contributed by atoms with Gasteiger partial charge in [0.1, 0.15) is 5.76 Å². The first-order valence-electron chi connectivity index (χ1n) is 7.50. The maximum Gasteiger partial charge on any atom is 0.190 e. The molecule has 2 N–H and O–H groups in total. The Morgan fingerprint density at radius 1 is 1.09 bits per heavy atom. The Kier molecular flexibility index (Phi) is 9.78. The number of aliphatic imine (C=N–C) groups is 1. The van der Waals surface area contributed by atoms with Crippen LogP contribution in [-0.2, 0) is 12.8 Å². The van der Waals surface area contributed by atoms with Gasteiger partial charge in [0.2, 0.25) is 0 Å². The molecule has 0 aliphatic carbocycles. The predicted octanol–water partition coefficient (Wildman–Crippen LogP) is 3.89. The number of nitrogens with zero attached hydrogens (tertiary/aromatic N) is 1. The van der Waals surface area contributed by atoms with Gasteiger partial charge in [-0.2, -0.15) is 0 Å². The largest absolute Gasteiger partial charge is 0.469 e. The third kappa shape index (κ3) is 7.26. The van der Waals surface area contributed by atoms with Crippen LogP contribution in [-0.4, -0.2) is 26.1 Å². The van der Waals surface area contributed by atoms with Gasteiger partial charge in [-0.25, -0.2) is 0 Å². The minimum atomic E-state index is 0. The van der Waals surface area contributed by atoms with Crippen molar-refractivity contribution in [1.82, 2.24) is 10.6 Å². The number of furan rings is 1. The lowest BCUT2D eigenvalue weighted by Crippen LogP contribution is -2.38. The third-order valence-corrected chi connectivity index (χ3v) is 3.71. The van der Waals surface area contributed by atoms with Crippen LogP contribution in [0.15, 0.2) is 52.1 Å². The zero-order valence-corrected chi connectivity index (χ0v) is 16.3. The van der Waals surface area contributed by atoms with Gasteiger partial charge in [0.05, 0.1) is 6.26 Å². The maximum atomic E-state index is 6.15. The SMILES string of the molecule is CN=C(NCCCc1ccccc1Cl)NCCc1ccco1.I. The average molecular weight is 448 g/mol. The van der Waals surface area contributed by atoms with E-state index in [0.717, 1.165) is 49.1 Å². The van der Waals surface area contributed by atoms with Crippen molar-refractivity contribution in [2.45, 2.75) is 19.3 Å². The summed E-state index contributed by atoms with van der Waals surface area (Å²) in [4.78, 5) is 4.21. The van der Waals surface area contributed by atoms with Gasteiger partial charge < -0.3 is 15.1 Å². The van der Waals surface area contributed by atoms with E-state index in [2.05, 4.69) is 21.7 Å². The van der Waals surface area contributed by atoms with Gasteiger partial charge in [-0.3, -0.25) is 4.99 Å². The lowest BCUT2D eigenvalue weighted by molar-refractivity contribution is 0.506. The number of halogens is 2. The number of aryl methyl sites for hydroxylation is 1. The van der Waals surface area contributed by atoms with Gasteiger partial charge >= 0.3 is 0 Å². The number of hydrogen-bond donors (Lipinski definition) is 2.